The zero-order valence-corrected chi connectivity index (χ0v) is 31.4. The van der Waals surface area contributed by atoms with Gasteiger partial charge in [-0.25, -0.2) is 4.79 Å². The summed E-state index contributed by atoms with van der Waals surface area (Å²) in [5, 5.41) is 69.1. The van der Waals surface area contributed by atoms with Crippen LogP contribution in [0.3, 0.4) is 0 Å². The maximum Gasteiger partial charge on any atom is 0.332 e. The molecule has 0 radical (unpaired) electrons. The molecule has 2 aliphatic carbocycles. The number of carboxylic acids is 1. The smallest absolute Gasteiger partial charge is 0.332 e. The van der Waals surface area contributed by atoms with Crippen LogP contribution in [-0.4, -0.2) is 154 Å². The number of hydrogen-bond acceptors (Lipinski definition) is 14. The van der Waals surface area contributed by atoms with Crippen LogP contribution in [0.4, 0.5) is 0 Å². The molecule has 2 saturated heterocycles. The van der Waals surface area contributed by atoms with Crippen molar-refractivity contribution in [3.8, 4) is 12.3 Å². The number of carbonyl (C=O) groups excluding carboxylic acids is 2. The van der Waals surface area contributed by atoms with Crippen LogP contribution in [0.1, 0.15) is 78.6 Å². The molecule has 2 aliphatic heterocycles. The number of carboxylic acid groups (broad SMARTS) is 1. The van der Waals surface area contributed by atoms with Gasteiger partial charge in [-0.15, -0.1) is 6.42 Å². The van der Waals surface area contributed by atoms with Crippen LogP contribution in [0.25, 0.3) is 0 Å². The Kier molecular flexibility index (Phi) is 17.3. The van der Waals surface area contributed by atoms with Crippen molar-refractivity contribution < 1.29 is 73.4 Å². The number of amides is 2. The second-order valence-electron chi connectivity index (χ2n) is 15.0. The van der Waals surface area contributed by atoms with Crippen molar-refractivity contribution in [1.82, 2.24) is 10.6 Å². The summed E-state index contributed by atoms with van der Waals surface area (Å²) in [7, 11) is 0. The van der Waals surface area contributed by atoms with Crippen molar-refractivity contribution in [3.05, 3.63) is 0 Å². The van der Waals surface area contributed by atoms with Gasteiger partial charge in [-0.2, -0.15) is 0 Å². The number of aliphatic hydroxyl groups excluding tert-OH is 5. The van der Waals surface area contributed by atoms with Gasteiger partial charge in [0.1, 0.15) is 49.3 Å². The molecule has 2 heterocycles. The number of ether oxygens (including phenoxy) is 6. The first kappa shape index (κ1) is 44.2. The standard InChI is InChI=1S/C37H60N2O15/c1-5-13-49-14-12-38-34(46)23-16-22(6-2)32(54-37-31(45)30(44)28(42)19(3)50-37)24(17-23)52-36-27(39-20(4)41)33(29(43)26(18-40)53-36)51-25(35(47)48)15-21-10-8-7-9-11-21/h1,19,21-33,36-37,40,42-45H,6-18H2,2-4H3,(H,38,46)(H,39,41)(H,47,48)/t19?,22-,23?,24?,25+,26+,27?,28?,29?,30?,31?,32?,33?,36-,37?/m1/s1. The molecule has 0 spiro atoms. The first-order valence-corrected chi connectivity index (χ1v) is 19.2. The van der Waals surface area contributed by atoms with Crippen LogP contribution in [0.15, 0.2) is 0 Å². The molecule has 0 aromatic heterocycles. The molecule has 4 rings (SSSR count). The first-order valence-electron chi connectivity index (χ1n) is 19.2. The zero-order chi connectivity index (χ0) is 39.5. The highest BCUT2D eigenvalue weighted by atomic mass is 16.7. The van der Waals surface area contributed by atoms with Gasteiger partial charge in [-0.1, -0.05) is 51.4 Å². The van der Waals surface area contributed by atoms with Crippen LogP contribution >= 0.6 is 0 Å². The molecule has 17 heteroatoms. The average molecular weight is 773 g/mol. The largest absolute Gasteiger partial charge is 0.479 e. The highest BCUT2D eigenvalue weighted by Crippen LogP contribution is 2.40. The zero-order valence-electron chi connectivity index (χ0n) is 31.4. The minimum atomic E-state index is -1.64. The number of nitrogens with one attached hydrogen (secondary N) is 2. The van der Waals surface area contributed by atoms with Gasteiger partial charge in [-0.05, 0) is 38.0 Å². The summed E-state index contributed by atoms with van der Waals surface area (Å²) in [5.41, 5.74) is 0. The van der Waals surface area contributed by atoms with Crippen LogP contribution in [-0.2, 0) is 42.8 Å². The molecule has 0 bridgehead atoms. The van der Waals surface area contributed by atoms with Gasteiger partial charge >= 0.3 is 5.97 Å². The van der Waals surface area contributed by atoms with Gasteiger partial charge in [0.2, 0.25) is 11.8 Å². The number of aliphatic carboxylic acids is 1. The van der Waals surface area contributed by atoms with Crippen molar-refractivity contribution >= 4 is 17.8 Å². The third kappa shape index (κ3) is 11.5. The lowest BCUT2D eigenvalue weighted by molar-refractivity contribution is -0.338. The van der Waals surface area contributed by atoms with Gasteiger partial charge in [0.15, 0.2) is 18.7 Å². The van der Waals surface area contributed by atoms with Crippen LogP contribution in [0, 0.1) is 30.1 Å². The number of rotatable bonds is 17. The number of aliphatic hydroxyl groups is 5. The van der Waals surface area contributed by atoms with Crippen molar-refractivity contribution in [3.63, 3.8) is 0 Å². The van der Waals surface area contributed by atoms with Crippen LogP contribution in [0.2, 0.25) is 0 Å². The molecule has 4 aliphatic rings. The molecule has 0 aromatic carbocycles. The van der Waals surface area contributed by atoms with E-state index < -0.39 is 110 Å². The quantitative estimate of drug-likeness (QED) is 0.0664. The van der Waals surface area contributed by atoms with Crippen molar-refractivity contribution in [2.45, 2.75) is 158 Å². The van der Waals surface area contributed by atoms with E-state index in [2.05, 4.69) is 16.6 Å². The fourth-order valence-electron chi connectivity index (χ4n) is 8.10. The normalized spacial score (nSPS) is 38.2. The number of hydrogen-bond donors (Lipinski definition) is 8. The van der Waals surface area contributed by atoms with E-state index in [1.165, 1.54) is 13.8 Å². The summed E-state index contributed by atoms with van der Waals surface area (Å²) in [6, 6.07) is -1.29. The third-order valence-corrected chi connectivity index (χ3v) is 11.1. The van der Waals surface area contributed by atoms with Gasteiger partial charge < -0.3 is 69.7 Å². The Morgan fingerprint density at radius 3 is 2.30 bits per heavy atom. The molecule has 17 nitrogen and oxygen atoms in total. The molecule has 308 valence electrons. The van der Waals surface area contributed by atoms with E-state index in [9.17, 15) is 45.0 Å². The van der Waals surface area contributed by atoms with Crippen LogP contribution in [0.5, 0.6) is 0 Å². The van der Waals surface area contributed by atoms with Gasteiger partial charge in [0.05, 0.1) is 31.5 Å². The Bertz CT molecular complexity index is 1250. The molecular weight excluding hydrogens is 712 g/mol. The maximum atomic E-state index is 13.5. The Labute approximate surface area is 316 Å². The predicted octanol–water partition coefficient (Wildman–Crippen LogP) is -0.822. The molecule has 11 unspecified atom stereocenters. The maximum absolute atomic E-state index is 13.5. The topological polar surface area (TPSA) is 252 Å². The summed E-state index contributed by atoms with van der Waals surface area (Å²) in [6.07, 6.45) is -5.00. The molecule has 15 atom stereocenters. The van der Waals surface area contributed by atoms with Gasteiger partial charge in [0, 0.05) is 19.4 Å². The molecule has 8 N–H and O–H groups in total. The Morgan fingerprint density at radius 1 is 0.944 bits per heavy atom. The summed E-state index contributed by atoms with van der Waals surface area (Å²) >= 11 is 0. The van der Waals surface area contributed by atoms with Crippen molar-refractivity contribution in [1.29, 1.82) is 0 Å². The average Bonchev–Trinajstić information content (AvgIpc) is 3.15. The Morgan fingerprint density at radius 2 is 1.67 bits per heavy atom. The van der Waals surface area contributed by atoms with E-state index in [0.29, 0.717) is 12.8 Å². The molecule has 2 saturated carbocycles. The van der Waals surface area contributed by atoms with E-state index in [0.717, 1.165) is 32.1 Å². The minimum absolute atomic E-state index is 0.0334. The monoisotopic (exact) mass is 772 g/mol. The van der Waals surface area contributed by atoms with Crippen LogP contribution < -0.4 is 10.6 Å². The summed E-state index contributed by atoms with van der Waals surface area (Å²) in [4.78, 5) is 38.6. The molecule has 2 amide bonds. The Balaban J connectivity index is 1.65. The van der Waals surface area contributed by atoms with Gasteiger partial charge in [-0.3, -0.25) is 9.59 Å². The molecule has 54 heavy (non-hydrogen) atoms. The van der Waals surface area contributed by atoms with E-state index in [1.807, 2.05) is 6.92 Å². The van der Waals surface area contributed by atoms with Crippen molar-refractivity contribution in [2.24, 2.45) is 17.8 Å². The Hall–Kier alpha value is -2.47. The summed E-state index contributed by atoms with van der Waals surface area (Å²) in [6.45, 7) is 4.38. The third-order valence-electron chi connectivity index (χ3n) is 11.1. The molecule has 0 aromatic rings. The lowest BCUT2D eigenvalue weighted by atomic mass is 9.75. The highest BCUT2D eigenvalue weighted by molar-refractivity contribution is 5.78. The highest BCUT2D eigenvalue weighted by Gasteiger charge is 2.53. The summed E-state index contributed by atoms with van der Waals surface area (Å²) < 4.78 is 36.2. The predicted molar refractivity (Wildman–Crippen MR) is 188 cm³/mol. The van der Waals surface area contributed by atoms with Gasteiger partial charge in [0.25, 0.3) is 0 Å². The number of terminal acetylenes is 1. The molecule has 4 fully saturated rings. The lowest BCUT2D eigenvalue weighted by Gasteiger charge is -2.49. The first-order chi connectivity index (χ1) is 25.8. The fraction of sp³-hybridized carbons (Fsp3) is 0.865. The van der Waals surface area contributed by atoms with Crippen molar-refractivity contribution in [2.75, 3.05) is 26.4 Å². The van der Waals surface area contributed by atoms with E-state index in [4.69, 9.17) is 34.8 Å². The second-order valence-corrected chi connectivity index (χ2v) is 15.0. The second kappa shape index (κ2) is 21.2. The van der Waals surface area contributed by atoms with E-state index >= 15 is 0 Å². The lowest BCUT2D eigenvalue weighted by Crippen LogP contribution is -2.67. The SMILES string of the molecule is C#CCOCCNC(=O)C1CC(O[C@@H]2O[C@@H](CO)C(O)C(O[C@@H](CC3CCCCC3)C(=O)O)C2NC(C)=O)C(OC2OC(C)C(O)C(O)C2O)[C@H](CC)C1. The minimum Gasteiger partial charge on any atom is -0.479 e. The summed E-state index contributed by atoms with van der Waals surface area (Å²) in [5.74, 6) is -0.675. The molecular formula is C37H60N2O15. The number of carbonyl (C=O) groups is 3. The fourth-order valence-corrected chi connectivity index (χ4v) is 8.10. The van der Waals surface area contributed by atoms with E-state index in [1.54, 1.807) is 0 Å². The van der Waals surface area contributed by atoms with E-state index in [-0.39, 0.29) is 44.4 Å².